The van der Waals surface area contributed by atoms with E-state index in [0.29, 0.717) is 24.8 Å². The maximum atomic E-state index is 12.4. The first-order valence-electron chi connectivity index (χ1n) is 7.58. The third-order valence-corrected chi connectivity index (χ3v) is 6.08. The van der Waals surface area contributed by atoms with Crippen LogP contribution in [0.5, 0.6) is 0 Å². The number of piperidine rings is 1. The van der Waals surface area contributed by atoms with Gasteiger partial charge in [0, 0.05) is 12.6 Å². The molecular formula is C14H30N2O2S. The lowest BCUT2D eigenvalue weighted by Crippen LogP contribution is -2.49. The molecule has 0 bridgehead atoms. The standard InChI is InChI=1S/C14H30N2O2S/c1-5-7-15-8-6-9-19(17,18)16-11-12(2)10-13(3)14(16)4/h12-15H,5-11H2,1-4H3. The van der Waals surface area contributed by atoms with Crippen LogP contribution in [-0.4, -0.2) is 44.2 Å². The minimum absolute atomic E-state index is 0.143. The largest absolute Gasteiger partial charge is 0.317 e. The van der Waals surface area contributed by atoms with E-state index < -0.39 is 10.0 Å². The molecule has 4 nitrogen and oxygen atoms in total. The summed E-state index contributed by atoms with van der Waals surface area (Å²) in [7, 11) is -3.09. The predicted octanol–water partition coefficient (Wildman–Crippen LogP) is 2.07. The predicted molar refractivity (Wildman–Crippen MR) is 80.7 cm³/mol. The van der Waals surface area contributed by atoms with Crippen LogP contribution in [0.3, 0.4) is 0 Å². The van der Waals surface area contributed by atoms with Crippen LogP contribution in [0.4, 0.5) is 0 Å². The lowest BCUT2D eigenvalue weighted by Gasteiger charge is -2.40. The summed E-state index contributed by atoms with van der Waals surface area (Å²) < 4.78 is 26.6. The number of hydrogen-bond acceptors (Lipinski definition) is 3. The highest BCUT2D eigenvalue weighted by Gasteiger charge is 2.35. The van der Waals surface area contributed by atoms with Crippen LogP contribution < -0.4 is 5.32 Å². The van der Waals surface area contributed by atoms with E-state index in [4.69, 9.17) is 0 Å². The van der Waals surface area contributed by atoms with E-state index >= 15 is 0 Å². The van der Waals surface area contributed by atoms with Gasteiger partial charge in [-0.2, -0.15) is 4.31 Å². The Kier molecular flexibility index (Phi) is 6.77. The van der Waals surface area contributed by atoms with Gasteiger partial charge in [0.25, 0.3) is 0 Å². The SMILES string of the molecule is CCCNCCCS(=O)(=O)N1CC(C)CC(C)C1C. The Balaban J connectivity index is 2.50. The van der Waals surface area contributed by atoms with Crippen molar-refractivity contribution in [3.05, 3.63) is 0 Å². The highest BCUT2D eigenvalue weighted by molar-refractivity contribution is 7.89. The van der Waals surface area contributed by atoms with Gasteiger partial charge in [-0.05, 0) is 51.1 Å². The van der Waals surface area contributed by atoms with Gasteiger partial charge >= 0.3 is 0 Å². The average Bonchev–Trinajstić information content (AvgIpc) is 2.33. The van der Waals surface area contributed by atoms with E-state index in [1.807, 2.05) is 6.92 Å². The van der Waals surface area contributed by atoms with Crippen molar-refractivity contribution in [2.45, 2.75) is 53.0 Å². The van der Waals surface area contributed by atoms with Gasteiger partial charge in [0.1, 0.15) is 0 Å². The third-order valence-electron chi connectivity index (χ3n) is 4.08. The molecule has 0 aromatic carbocycles. The van der Waals surface area contributed by atoms with Crippen molar-refractivity contribution < 1.29 is 8.42 Å². The summed E-state index contributed by atoms with van der Waals surface area (Å²) in [5.41, 5.74) is 0. The molecule has 114 valence electrons. The van der Waals surface area contributed by atoms with Gasteiger partial charge in [0.05, 0.1) is 5.75 Å². The van der Waals surface area contributed by atoms with Crippen molar-refractivity contribution in [1.29, 1.82) is 0 Å². The van der Waals surface area contributed by atoms with Crippen molar-refractivity contribution in [2.24, 2.45) is 11.8 Å². The van der Waals surface area contributed by atoms with Crippen LogP contribution in [-0.2, 0) is 10.0 Å². The molecule has 1 N–H and O–H groups in total. The molecule has 1 aliphatic heterocycles. The maximum absolute atomic E-state index is 12.4. The van der Waals surface area contributed by atoms with Gasteiger partial charge in [-0.15, -0.1) is 0 Å². The summed E-state index contributed by atoms with van der Waals surface area (Å²) in [5.74, 6) is 1.20. The number of sulfonamides is 1. The summed E-state index contributed by atoms with van der Waals surface area (Å²) in [5, 5.41) is 3.26. The summed E-state index contributed by atoms with van der Waals surface area (Å²) in [6.45, 7) is 10.9. The van der Waals surface area contributed by atoms with Gasteiger partial charge in [-0.25, -0.2) is 8.42 Å². The number of nitrogens with zero attached hydrogens (tertiary/aromatic N) is 1. The fourth-order valence-electron chi connectivity index (χ4n) is 2.83. The van der Waals surface area contributed by atoms with Crippen molar-refractivity contribution in [3.63, 3.8) is 0 Å². The van der Waals surface area contributed by atoms with Gasteiger partial charge in [-0.3, -0.25) is 0 Å². The minimum atomic E-state index is -3.09. The molecule has 5 heteroatoms. The van der Waals surface area contributed by atoms with Gasteiger partial charge in [-0.1, -0.05) is 20.8 Å². The molecule has 1 rings (SSSR count). The van der Waals surface area contributed by atoms with Crippen LogP contribution in [0.25, 0.3) is 0 Å². The molecule has 0 aromatic heterocycles. The van der Waals surface area contributed by atoms with Crippen LogP contribution in [0, 0.1) is 11.8 Å². The van der Waals surface area contributed by atoms with Crippen LogP contribution >= 0.6 is 0 Å². The van der Waals surface area contributed by atoms with Crippen molar-refractivity contribution in [1.82, 2.24) is 9.62 Å². The third kappa shape index (κ3) is 5.04. The number of nitrogens with one attached hydrogen (secondary N) is 1. The molecule has 3 unspecified atom stereocenters. The summed E-state index contributed by atoms with van der Waals surface area (Å²) >= 11 is 0. The zero-order valence-corrected chi connectivity index (χ0v) is 13.7. The molecular weight excluding hydrogens is 260 g/mol. The van der Waals surface area contributed by atoms with Crippen LogP contribution in [0.1, 0.15) is 47.0 Å². The Morgan fingerprint density at radius 3 is 2.53 bits per heavy atom. The first kappa shape index (κ1) is 16.9. The second-order valence-electron chi connectivity index (χ2n) is 6.05. The molecule has 1 heterocycles. The van der Waals surface area contributed by atoms with Gasteiger partial charge in [0.15, 0.2) is 0 Å². The summed E-state index contributed by atoms with van der Waals surface area (Å²) in [6.07, 6.45) is 2.92. The maximum Gasteiger partial charge on any atom is 0.214 e. The molecule has 1 aliphatic rings. The Morgan fingerprint density at radius 1 is 1.21 bits per heavy atom. The second-order valence-corrected chi connectivity index (χ2v) is 8.09. The first-order chi connectivity index (χ1) is 8.88. The molecule has 0 aliphatic carbocycles. The Hall–Kier alpha value is -0.130. The molecule has 0 radical (unpaired) electrons. The lowest BCUT2D eigenvalue weighted by molar-refractivity contribution is 0.157. The quantitative estimate of drug-likeness (QED) is 0.730. The van der Waals surface area contributed by atoms with E-state index in [1.54, 1.807) is 4.31 Å². The monoisotopic (exact) mass is 290 g/mol. The average molecular weight is 290 g/mol. The molecule has 0 amide bonds. The minimum Gasteiger partial charge on any atom is -0.317 e. The second kappa shape index (κ2) is 7.60. The topological polar surface area (TPSA) is 49.4 Å². The summed E-state index contributed by atoms with van der Waals surface area (Å²) in [4.78, 5) is 0. The van der Waals surface area contributed by atoms with E-state index in [0.717, 1.165) is 25.9 Å². The normalized spacial score (nSPS) is 29.6. The Morgan fingerprint density at radius 2 is 1.89 bits per heavy atom. The van der Waals surface area contributed by atoms with E-state index in [2.05, 4.69) is 26.1 Å². The Bertz CT molecular complexity index is 356. The van der Waals surface area contributed by atoms with Crippen molar-refractivity contribution in [3.8, 4) is 0 Å². The van der Waals surface area contributed by atoms with Crippen molar-refractivity contribution >= 4 is 10.0 Å². The van der Waals surface area contributed by atoms with E-state index in [1.165, 1.54) is 0 Å². The zero-order chi connectivity index (χ0) is 14.5. The molecule has 1 fully saturated rings. The smallest absolute Gasteiger partial charge is 0.214 e. The molecule has 3 atom stereocenters. The molecule has 0 spiro atoms. The highest BCUT2D eigenvalue weighted by Crippen LogP contribution is 2.29. The van der Waals surface area contributed by atoms with E-state index in [9.17, 15) is 8.42 Å². The van der Waals surface area contributed by atoms with Gasteiger partial charge in [0.2, 0.25) is 10.0 Å². The summed E-state index contributed by atoms with van der Waals surface area (Å²) in [6, 6.07) is 0.143. The Labute approximate surface area is 119 Å². The number of hydrogen-bond donors (Lipinski definition) is 1. The molecule has 0 saturated carbocycles. The zero-order valence-electron chi connectivity index (χ0n) is 12.9. The van der Waals surface area contributed by atoms with Crippen LogP contribution in [0.2, 0.25) is 0 Å². The highest BCUT2D eigenvalue weighted by atomic mass is 32.2. The first-order valence-corrected chi connectivity index (χ1v) is 9.19. The fraction of sp³-hybridized carbons (Fsp3) is 1.00. The van der Waals surface area contributed by atoms with Gasteiger partial charge < -0.3 is 5.32 Å². The van der Waals surface area contributed by atoms with E-state index in [-0.39, 0.29) is 11.8 Å². The fourth-order valence-corrected chi connectivity index (χ4v) is 4.77. The van der Waals surface area contributed by atoms with Crippen molar-refractivity contribution in [2.75, 3.05) is 25.4 Å². The molecule has 1 saturated heterocycles. The lowest BCUT2D eigenvalue weighted by atomic mass is 9.88. The molecule has 19 heavy (non-hydrogen) atoms. The van der Waals surface area contributed by atoms with Crippen LogP contribution in [0.15, 0.2) is 0 Å². The number of rotatable bonds is 7. The molecule has 0 aromatic rings.